The third-order valence-corrected chi connectivity index (χ3v) is 3.32. The normalized spacial score (nSPS) is 11.2. The molecule has 0 spiro atoms. The molecule has 1 rings (SSSR count). The van der Waals surface area contributed by atoms with Crippen molar-refractivity contribution < 1.29 is 0 Å². The topological polar surface area (TPSA) is 56.4 Å². The first-order valence-corrected chi connectivity index (χ1v) is 7.22. The number of hydrogen-bond donors (Lipinski definition) is 2. The maximum Gasteiger partial charge on any atom is 0.124 e. The molecule has 0 saturated heterocycles. The summed E-state index contributed by atoms with van der Waals surface area (Å²) in [6.45, 7) is 7.31. The van der Waals surface area contributed by atoms with Crippen LogP contribution in [0.5, 0.6) is 0 Å². The van der Waals surface area contributed by atoms with Gasteiger partial charge in [-0.1, -0.05) is 25.4 Å². The Morgan fingerprint density at radius 2 is 1.95 bits per heavy atom. The van der Waals surface area contributed by atoms with Crippen LogP contribution in [-0.4, -0.2) is 44.5 Å². The van der Waals surface area contributed by atoms with Gasteiger partial charge in [0.1, 0.15) is 5.84 Å². The highest BCUT2D eigenvalue weighted by Crippen LogP contribution is 2.24. The van der Waals surface area contributed by atoms with Crippen molar-refractivity contribution in [1.29, 1.82) is 5.41 Å². The molecule has 0 saturated carbocycles. The lowest BCUT2D eigenvalue weighted by Crippen LogP contribution is -2.34. The Bertz CT molecular complexity index is 457. The molecule has 0 unspecified atom stereocenters. The predicted octanol–water partition coefficient (Wildman–Crippen LogP) is 2.65. The van der Waals surface area contributed by atoms with Gasteiger partial charge in [0.2, 0.25) is 0 Å². The Kier molecular flexibility index (Phi) is 6.30. The number of nitrogen functional groups attached to an aromatic ring is 1. The molecule has 0 radical (unpaired) electrons. The first kappa shape index (κ1) is 16.8. The number of nitrogens with two attached hydrogens (primary N) is 1. The molecule has 5 heteroatoms. The standard InChI is InChI=1S/C15H25ClN4/c1-11(2)10-20(8-7-19(3)4)12-5-6-13(15(17)18)14(16)9-12/h5-6,9,11H,7-8,10H2,1-4H3,(H3,17,18). The van der Waals surface area contributed by atoms with Crippen molar-refractivity contribution in [2.24, 2.45) is 11.7 Å². The van der Waals surface area contributed by atoms with Gasteiger partial charge in [-0.3, -0.25) is 5.41 Å². The van der Waals surface area contributed by atoms with Gasteiger partial charge in [-0.2, -0.15) is 0 Å². The van der Waals surface area contributed by atoms with Crippen LogP contribution in [-0.2, 0) is 0 Å². The second-order valence-electron chi connectivity index (χ2n) is 5.72. The maximum atomic E-state index is 7.48. The predicted molar refractivity (Wildman–Crippen MR) is 88.1 cm³/mol. The zero-order chi connectivity index (χ0) is 15.3. The number of nitrogens with one attached hydrogen (secondary N) is 1. The van der Waals surface area contributed by atoms with Gasteiger partial charge < -0.3 is 15.5 Å². The largest absolute Gasteiger partial charge is 0.384 e. The SMILES string of the molecule is CC(C)CN(CCN(C)C)c1ccc(C(=N)N)c(Cl)c1. The highest BCUT2D eigenvalue weighted by molar-refractivity contribution is 6.34. The number of amidine groups is 1. The second kappa shape index (κ2) is 7.50. The van der Waals surface area contributed by atoms with E-state index in [2.05, 4.69) is 37.7 Å². The summed E-state index contributed by atoms with van der Waals surface area (Å²) in [7, 11) is 4.14. The monoisotopic (exact) mass is 296 g/mol. The second-order valence-corrected chi connectivity index (χ2v) is 6.13. The molecule has 1 aromatic rings. The Morgan fingerprint density at radius 3 is 2.40 bits per heavy atom. The van der Waals surface area contributed by atoms with Crippen LogP contribution in [0.4, 0.5) is 5.69 Å². The Hall–Kier alpha value is -1.26. The number of likely N-dealkylation sites (N-methyl/N-ethyl adjacent to an activating group) is 1. The summed E-state index contributed by atoms with van der Waals surface area (Å²) in [4.78, 5) is 4.49. The third kappa shape index (κ3) is 5.02. The Morgan fingerprint density at radius 1 is 1.30 bits per heavy atom. The highest BCUT2D eigenvalue weighted by Gasteiger charge is 2.12. The van der Waals surface area contributed by atoms with Crippen LogP contribution in [0.3, 0.4) is 0 Å². The molecular weight excluding hydrogens is 272 g/mol. The number of hydrogen-bond acceptors (Lipinski definition) is 3. The molecule has 0 amide bonds. The summed E-state index contributed by atoms with van der Waals surface area (Å²) >= 11 is 6.21. The molecule has 0 heterocycles. The van der Waals surface area contributed by atoms with Gasteiger partial charge in [-0.05, 0) is 38.2 Å². The van der Waals surface area contributed by atoms with E-state index in [0.717, 1.165) is 25.3 Å². The van der Waals surface area contributed by atoms with Crippen LogP contribution < -0.4 is 10.6 Å². The van der Waals surface area contributed by atoms with Crippen molar-refractivity contribution >= 4 is 23.1 Å². The quantitative estimate of drug-likeness (QED) is 0.601. The minimum atomic E-state index is 0.00486. The summed E-state index contributed by atoms with van der Waals surface area (Å²) in [6, 6.07) is 5.71. The van der Waals surface area contributed by atoms with E-state index >= 15 is 0 Å². The summed E-state index contributed by atoms with van der Waals surface area (Å²) < 4.78 is 0. The van der Waals surface area contributed by atoms with E-state index < -0.39 is 0 Å². The molecule has 1 aromatic carbocycles. The smallest absolute Gasteiger partial charge is 0.124 e. The molecule has 0 aliphatic rings. The molecule has 0 aliphatic carbocycles. The summed E-state index contributed by atoms with van der Waals surface area (Å²) in [5.41, 5.74) is 7.17. The fourth-order valence-electron chi connectivity index (χ4n) is 2.01. The number of benzene rings is 1. The van der Waals surface area contributed by atoms with Crippen molar-refractivity contribution in [2.45, 2.75) is 13.8 Å². The highest BCUT2D eigenvalue weighted by atomic mass is 35.5. The van der Waals surface area contributed by atoms with Gasteiger partial charge in [-0.15, -0.1) is 0 Å². The van der Waals surface area contributed by atoms with Gasteiger partial charge >= 0.3 is 0 Å². The molecule has 3 N–H and O–H groups in total. The van der Waals surface area contributed by atoms with Crippen molar-refractivity contribution in [3.8, 4) is 0 Å². The molecule has 0 atom stereocenters. The van der Waals surface area contributed by atoms with Crippen LogP contribution in [0.25, 0.3) is 0 Å². The zero-order valence-corrected chi connectivity index (χ0v) is 13.5. The first-order valence-electron chi connectivity index (χ1n) is 6.85. The van der Waals surface area contributed by atoms with Crippen molar-refractivity contribution in [3.63, 3.8) is 0 Å². The lowest BCUT2D eigenvalue weighted by atomic mass is 10.1. The van der Waals surface area contributed by atoms with Gasteiger partial charge in [0.25, 0.3) is 0 Å². The molecule has 4 nitrogen and oxygen atoms in total. The van der Waals surface area contributed by atoms with Gasteiger partial charge in [-0.25, -0.2) is 0 Å². The van der Waals surface area contributed by atoms with Crippen LogP contribution in [0.2, 0.25) is 5.02 Å². The number of halogens is 1. The fourth-order valence-corrected chi connectivity index (χ4v) is 2.28. The summed E-state index contributed by atoms with van der Waals surface area (Å²) in [5, 5.41) is 8.01. The number of anilines is 1. The Labute approximate surface area is 127 Å². The molecule has 0 bridgehead atoms. The summed E-state index contributed by atoms with van der Waals surface area (Å²) in [6.07, 6.45) is 0. The van der Waals surface area contributed by atoms with Gasteiger partial charge in [0.15, 0.2) is 0 Å². The average Bonchev–Trinajstić information content (AvgIpc) is 2.33. The van der Waals surface area contributed by atoms with E-state index in [1.54, 1.807) is 0 Å². The minimum absolute atomic E-state index is 0.00486. The van der Waals surface area contributed by atoms with Crippen LogP contribution >= 0.6 is 11.6 Å². The van der Waals surface area contributed by atoms with E-state index in [4.69, 9.17) is 22.7 Å². The third-order valence-electron chi connectivity index (χ3n) is 3.01. The van der Waals surface area contributed by atoms with E-state index in [9.17, 15) is 0 Å². The summed E-state index contributed by atoms with van der Waals surface area (Å²) in [5.74, 6) is 0.577. The average molecular weight is 297 g/mol. The van der Waals surface area contributed by atoms with E-state index in [1.807, 2.05) is 18.2 Å². The number of nitrogens with zero attached hydrogens (tertiary/aromatic N) is 2. The van der Waals surface area contributed by atoms with E-state index in [-0.39, 0.29) is 5.84 Å². The van der Waals surface area contributed by atoms with Crippen LogP contribution in [0.1, 0.15) is 19.4 Å². The first-order chi connectivity index (χ1) is 9.31. The van der Waals surface area contributed by atoms with Crippen molar-refractivity contribution in [3.05, 3.63) is 28.8 Å². The molecule has 0 aromatic heterocycles. The molecular formula is C15H25ClN4. The van der Waals surface area contributed by atoms with E-state index in [0.29, 0.717) is 16.5 Å². The van der Waals surface area contributed by atoms with Crippen LogP contribution in [0.15, 0.2) is 18.2 Å². The molecule has 0 fully saturated rings. The Balaban J connectivity index is 2.95. The molecule has 0 aliphatic heterocycles. The van der Waals surface area contributed by atoms with Crippen molar-refractivity contribution in [2.75, 3.05) is 38.6 Å². The van der Waals surface area contributed by atoms with Crippen LogP contribution in [0, 0.1) is 11.3 Å². The number of rotatable bonds is 7. The lowest BCUT2D eigenvalue weighted by Gasteiger charge is -2.28. The van der Waals surface area contributed by atoms with Crippen molar-refractivity contribution in [1.82, 2.24) is 4.90 Å². The minimum Gasteiger partial charge on any atom is -0.384 e. The molecule has 20 heavy (non-hydrogen) atoms. The van der Waals surface area contributed by atoms with Gasteiger partial charge in [0, 0.05) is 30.9 Å². The zero-order valence-electron chi connectivity index (χ0n) is 12.8. The fraction of sp³-hybridized carbons (Fsp3) is 0.533. The van der Waals surface area contributed by atoms with E-state index in [1.165, 1.54) is 0 Å². The molecule has 112 valence electrons. The maximum absolute atomic E-state index is 7.48. The lowest BCUT2D eigenvalue weighted by molar-refractivity contribution is 0.409. The van der Waals surface area contributed by atoms with Gasteiger partial charge in [0.05, 0.1) is 5.02 Å².